The van der Waals surface area contributed by atoms with Gasteiger partial charge >= 0.3 is 0 Å². The fourth-order valence-electron chi connectivity index (χ4n) is 3.02. The van der Waals surface area contributed by atoms with Crippen molar-refractivity contribution in [1.29, 1.82) is 0 Å². The van der Waals surface area contributed by atoms with E-state index in [4.69, 9.17) is 11.6 Å². The van der Waals surface area contributed by atoms with Crippen LogP contribution in [0, 0.1) is 0 Å². The van der Waals surface area contributed by atoms with Crippen LogP contribution in [0.15, 0.2) is 24.3 Å². The summed E-state index contributed by atoms with van der Waals surface area (Å²) < 4.78 is 0. The summed E-state index contributed by atoms with van der Waals surface area (Å²) in [5.74, 6) is 2.23. The first kappa shape index (κ1) is 14.2. The summed E-state index contributed by atoms with van der Waals surface area (Å²) in [6.07, 6.45) is 2.11. The Morgan fingerprint density at radius 2 is 2.35 bits per heavy atom. The number of benzene rings is 1. The van der Waals surface area contributed by atoms with Crippen LogP contribution in [-0.2, 0) is 4.79 Å². The Kier molecular flexibility index (Phi) is 4.54. The maximum atomic E-state index is 12.7. The first-order valence-corrected chi connectivity index (χ1v) is 8.66. The summed E-state index contributed by atoms with van der Waals surface area (Å²) >= 11 is 7.94. The standard InChI is InChI=1S/C15H19ClN2OS/c16-12-4-1-3-11(9-12)14-5-2-7-18(14)15(19)13-10-20-8-6-17-13/h1,3-4,9,13-14,17H,2,5-8,10H2. The lowest BCUT2D eigenvalue weighted by Gasteiger charge is -2.31. The second-order valence-corrected chi connectivity index (χ2v) is 6.91. The Hall–Kier alpha value is -0.710. The van der Waals surface area contributed by atoms with E-state index in [2.05, 4.69) is 11.4 Å². The van der Waals surface area contributed by atoms with Gasteiger partial charge in [0.2, 0.25) is 5.91 Å². The zero-order chi connectivity index (χ0) is 13.9. The summed E-state index contributed by atoms with van der Waals surface area (Å²) in [6.45, 7) is 1.79. The smallest absolute Gasteiger partial charge is 0.241 e. The Labute approximate surface area is 129 Å². The minimum atomic E-state index is -0.0199. The normalized spacial score (nSPS) is 26.8. The molecule has 0 radical (unpaired) electrons. The number of nitrogens with one attached hydrogen (secondary N) is 1. The molecule has 2 fully saturated rings. The molecule has 2 aliphatic heterocycles. The van der Waals surface area contributed by atoms with Gasteiger partial charge in [-0.25, -0.2) is 0 Å². The summed E-state index contributed by atoms with van der Waals surface area (Å²) in [5, 5.41) is 4.08. The van der Waals surface area contributed by atoms with E-state index in [0.717, 1.165) is 48.0 Å². The lowest BCUT2D eigenvalue weighted by molar-refractivity contribution is -0.133. The Morgan fingerprint density at radius 3 is 3.10 bits per heavy atom. The van der Waals surface area contributed by atoms with Crippen LogP contribution in [0.3, 0.4) is 0 Å². The average Bonchev–Trinajstić information content (AvgIpc) is 2.97. The molecule has 2 atom stereocenters. The molecule has 0 aromatic heterocycles. The monoisotopic (exact) mass is 310 g/mol. The molecule has 1 N–H and O–H groups in total. The molecule has 108 valence electrons. The van der Waals surface area contributed by atoms with Crippen LogP contribution in [0.1, 0.15) is 24.4 Å². The van der Waals surface area contributed by atoms with Crippen molar-refractivity contribution in [2.24, 2.45) is 0 Å². The van der Waals surface area contributed by atoms with Gasteiger partial charge in [-0.05, 0) is 30.5 Å². The number of nitrogens with zero attached hydrogens (tertiary/aromatic N) is 1. The molecule has 2 aliphatic rings. The number of hydrogen-bond donors (Lipinski definition) is 1. The van der Waals surface area contributed by atoms with E-state index >= 15 is 0 Å². The molecule has 1 aromatic rings. The van der Waals surface area contributed by atoms with Crippen LogP contribution in [0.5, 0.6) is 0 Å². The third kappa shape index (κ3) is 2.97. The van der Waals surface area contributed by atoms with Gasteiger partial charge in [-0.3, -0.25) is 4.79 Å². The quantitative estimate of drug-likeness (QED) is 0.911. The first-order valence-electron chi connectivity index (χ1n) is 7.13. The van der Waals surface area contributed by atoms with Gasteiger partial charge in [-0.1, -0.05) is 23.7 Å². The molecular weight excluding hydrogens is 292 g/mol. The fraction of sp³-hybridized carbons (Fsp3) is 0.533. The number of carbonyl (C=O) groups excluding carboxylic acids is 1. The summed E-state index contributed by atoms with van der Waals surface area (Å²) in [7, 11) is 0. The van der Waals surface area contributed by atoms with E-state index in [-0.39, 0.29) is 18.0 Å². The highest BCUT2D eigenvalue weighted by Gasteiger charge is 2.34. The predicted molar refractivity (Wildman–Crippen MR) is 84.3 cm³/mol. The Morgan fingerprint density at radius 1 is 1.45 bits per heavy atom. The molecule has 2 saturated heterocycles. The van der Waals surface area contributed by atoms with Crippen molar-refractivity contribution in [2.75, 3.05) is 24.6 Å². The van der Waals surface area contributed by atoms with Gasteiger partial charge in [0.1, 0.15) is 0 Å². The van der Waals surface area contributed by atoms with Gasteiger partial charge in [0, 0.05) is 29.6 Å². The number of likely N-dealkylation sites (tertiary alicyclic amines) is 1. The number of thioether (sulfide) groups is 1. The van der Waals surface area contributed by atoms with Gasteiger partial charge < -0.3 is 10.2 Å². The van der Waals surface area contributed by atoms with E-state index in [1.807, 2.05) is 34.9 Å². The molecule has 20 heavy (non-hydrogen) atoms. The second-order valence-electron chi connectivity index (χ2n) is 5.33. The highest BCUT2D eigenvalue weighted by Crippen LogP contribution is 2.33. The van der Waals surface area contributed by atoms with Crippen molar-refractivity contribution in [3.05, 3.63) is 34.9 Å². The molecule has 0 bridgehead atoms. The number of rotatable bonds is 2. The zero-order valence-corrected chi connectivity index (χ0v) is 12.9. The van der Waals surface area contributed by atoms with E-state index < -0.39 is 0 Å². The van der Waals surface area contributed by atoms with Crippen molar-refractivity contribution in [3.8, 4) is 0 Å². The van der Waals surface area contributed by atoms with Gasteiger partial charge in [-0.2, -0.15) is 11.8 Å². The fourth-order valence-corrected chi connectivity index (χ4v) is 4.14. The zero-order valence-electron chi connectivity index (χ0n) is 11.3. The van der Waals surface area contributed by atoms with Crippen LogP contribution in [-0.4, -0.2) is 41.4 Å². The van der Waals surface area contributed by atoms with Crippen molar-refractivity contribution in [3.63, 3.8) is 0 Å². The molecule has 1 amide bonds. The average molecular weight is 311 g/mol. The highest BCUT2D eigenvalue weighted by atomic mass is 35.5. The third-order valence-electron chi connectivity index (χ3n) is 3.99. The van der Waals surface area contributed by atoms with Crippen LogP contribution >= 0.6 is 23.4 Å². The maximum absolute atomic E-state index is 12.7. The van der Waals surface area contributed by atoms with E-state index in [9.17, 15) is 4.79 Å². The summed E-state index contributed by atoms with van der Waals surface area (Å²) in [4.78, 5) is 14.7. The molecule has 5 heteroatoms. The van der Waals surface area contributed by atoms with Crippen LogP contribution in [0.2, 0.25) is 5.02 Å². The van der Waals surface area contributed by atoms with Gasteiger partial charge in [0.25, 0.3) is 0 Å². The number of amides is 1. The SMILES string of the molecule is O=C(C1CSCCN1)N1CCCC1c1cccc(Cl)c1. The molecule has 0 spiro atoms. The van der Waals surface area contributed by atoms with Crippen LogP contribution in [0.4, 0.5) is 0 Å². The molecule has 2 heterocycles. The Bertz CT molecular complexity index is 491. The van der Waals surface area contributed by atoms with Crippen molar-refractivity contribution >= 4 is 29.3 Å². The van der Waals surface area contributed by atoms with E-state index in [0.29, 0.717) is 0 Å². The minimum Gasteiger partial charge on any atom is -0.334 e. The van der Waals surface area contributed by atoms with E-state index in [1.165, 1.54) is 0 Å². The van der Waals surface area contributed by atoms with Gasteiger partial charge in [0.05, 0.1) is 12.1 Å². The lowest BCUT2D eigenvalue weighted by atomic mass is 10.0. The van der Waals surface area contributed by atoms with Gasteiger partial charge in [-0.15, -0.1) is 0 Å². The first-order chi connectivity index (χ1) is 9.75. The largest absolute Gasteiger partial charge is 0.334 e. The lowest BCUT2D eigenvalue weighted by Crippen LogP contribution is -2.50. The van der Waals surface area contributed by atoms with Crippen molar-refractivity contribution in [1.82, 2.24) is 10.2 Å². The summed E-state index contributed by atoms with van der Waals surface area (Å²) in [6, 6.07) is 8.08. The number of halogens is 1. The van der Waals surface area contributed by atoms with Crippen LogP contribution in [0.25, 0.3) is 0 Å². The highest BCUT2D eigenvalue weighted by molar-refractivity contribution is 7.99. The van der Waals surface area contributed by atoms with Crippen molar-refractivity contribution < 1.29 is 4.79 Å². The van der Waals surface area contributed by atoms with E-state index in [1.54, 1.807) is 0 Å². The molecule has 3 rings (SSSR count). The molecule has 3 nitrogen and oxygen atoms in total. The predicted octanol–water partition coefficient (Wildman–Crippen LogP) is 2.71. The second kappa shape index (κ2) is 6.37. The third-order valence-corrected chi connectivity index (χ3v) is 5.29. The molecule has 0 aliphatic carbocycles. The molecular formula is C15H19ClN2OS. The molecule has 1 aromatic carbocycles. The molecule has 0 saturated carbocycles. The number of hydrogen-bond acceptors (Lipinski definition) is 3. The number of carbonyl (C=O) groups is 1. The molecule has 2 unspecified atom stereocenters. The maximum Gasteiger partial charge on any atom is 0.241 e. The van der Waals surface area contributed by atoms with Crippen LogP contribution < -0.4 is 5.32 Å². The Balaban J connectivity index is 1.76. The van der Waals surface area contributed by atoms with Gasteiger partial charge in [0.15, 0.2) is 0 Å². The minimum absolute atomic E-state index is 0.0199. The summed E-state index contributed by atoms with van der Waals surface area (Å²) in [5.41, 5.74) is 1.16. The van der Waals surface area contributed by atoms with Crippen molar-refractivity contribution in [2.45, 2.75) is 24.9 Å². The topological polar surface area (TPSA) is 32.3 Å².